The Kier molecular flexibility index (Phi) is 2.85. The van der Waals surface area contributed by atoms with Gasteiger partial charge in [-0.15, -0.1) is 0 Å². The van der Waals surface area contributed by atoms with E-state index in [4.69, 9.17) is 0 Å². The number of carboxylic acid groups (broad SMARTS) is 1. The van der Waals surface area contributed by atoms with Crippen molar-refractivity contribution in [2.24, 2.45) is 0 Å². The van der Waals surface area contributed by atoms with Crippen LogP contribution in [0, 0.1) is 0 Å². The molecule has 1 N–H and O–H groups in total. The number of aliphatic carboxylic acids is 1. The van der Waals surface area contributed by atoms with E-state index in [1.54, 1.807) is 0 Å². The molecule has 1 aromatic carbocycles. The van der Waals surface area contributed by atoms with Crippen molar-refractivity contribution in [3.63, 3.8) is 0 Å². The highest BCUT2D eigenvalue weighted by Crippen LogP contribution is 2.49. The van der Waals surface area contributed by atoms with Gasteiger partial charge in [-0.1, -0.05) is 6.07 Å². The van der Waals surface area contributed by atoms with Gasteiger partial charge in [-0.3, -0.25) is 4.79 Å². The quantitative estimate of drug-likeness (QED) is 0.932. The summed E-state index contributed by atoms with van der Waals surface area (Å²) in [7, 11) is 0. The van der Waals surface area contributed by atoms with Crippen LogP contribution in [0.15, 0.2) is 22.7 Å². The first-order chi connectivity index (χ1) is 8.63. The van der Waals surface area contributed by atoms with E-state index >= 15 is 0 Å². The Morgan fingerprint density at radius 1 is 1.28 bits per heavy atom. The summed E-state index contributed by atoms with van der Waals surface area (Å²) < 4.78 is 1.02. The Morgan fingerprint density at radius 3 is 2.44 bits per heavy atom. The Labute approximate surface area is 115 Å². The van der Waals surface area contributed by atoms with E-state index in [0.29, 0.717) is 0 Å². The Hall–Kier alpha value is -1.03. The molecule has 1 saturated heterocycles. The molecule has 2 fully saturated rings. The number of rotatable bonds is 3. The molecular formula is C14H16BrNO2. The normalized spacial score (nSPS) is 21.1. The van der Waals surface area contributed by atoms with Crippen LogP contribution in [0.25, 0.3) is 0 Å². The average Bonchev–Trinajstić information content (AvgIpc) is 2.99. The van der Waals surface area contributed by atoms with E-state index in [1.807, 2.05) is 12.1 Å². The topological polar surface area (TPSA) is 40.5 Å². The van der Waals surface area contributed by atoms with Crippen LogP contribution in [-0.4, -0.2) is 24.2 Å². The summed E-state index contributed by atoms with van der Waals surface area (Å²) in [6.07, 6.45) is 4.01. The fourth-order valence-corrected chi connectivity index (χ4v) is 3.40. The van der Waals surface area contributed by atoms with E-state index in [0.717, 1.165) is 36.0 Å². The average molecular weight is 310 g/mol. The van der Waals surface area contributed by atoms with Gasteiger partial charge in [0.15, 0.2) is 0 Å². The van der Waals surface area contributed by atoms with Crippen molar-refractivity contribution in [2.75, 3.05) is 18.0 Å². The first kappa shape index (κ1) is 12.0. The molecule has 1 saturated carbocycles. The molecule has 1 aromatic rings. The van der Waals surface area contributed by atoms with Gasteiger partial charge >= 0.3 is 5.97 Å². The summed E-state index contributed by atoms with van der Waals surface area (Å²) in [5.41, 5.74) is 1.52. The second-order valence-electron chi connectivity index (χ2n) is 5.25. The van der Waals surface area contributed by atoms with Crippen molar-refractivity contribution in [3.8, 4) is 0 Å². The monoisotopic (exact) mass is 309 g/mol. The molecule has 0 bridgehead atoms. The third-order valence-corrected chi connectivity index (χ3v) is 4.74. The molecule has 3 nitrogen and oxygen atoms in total. The summed E-state index contributed by atoms with van der Waals surface area (Å²) in [6, 6.07) is 6.04. The number of benzene rings is 1. The molecular weight excluding hydrogens is 294 g/mol. The predicted molar refractivity (Wildman–Crippen MR) is 74.1 cm³/mol. The number of nitrogens with zero attached hydrogens (tertiary/aromatic N) is 1. The number of hydrogen-bond donors (Lipinski definition) is 1. The van der Waals surface area contributed by atoms with Gasteiger partial charge in [-0.2, -0.15) is 0 Å². The van der Waals surface area contributed by atoms with Gasteiger partial charge in [0.05, 0.1) is 11.1 Å². The molecule has 0 spiro atoms. The van der Waals surface area contributed by atoms with Gasteiger partial charge in [0.25, 0.3) is 0 Å². The zero-order chi connectivity index (χ0) is 12.8. The summed E-state index contributed by atoms with van der Waals surface area (Å²) in [5, 5.41) is 9.30. The summed E-state index contributed by atoms with van der Waals surface area (Å²) in [6.45, 7) is 2.20. The maximum Gasteiger partial charge on any atom is 0.314 e. The van der Waals surface area contributed by atoms with E-state index in [1.165, 1.54) is 18.5 Å². The van der Waals surface area contributed by atoms with Crippen LogP contribution in [0.4, 0.5) is 5.69 Å². The highest BCUT2D eigenvalue weighted by atomic mass is 79.9. The predicted octanol–water partition coefficient (Wildman–Crippen LogP) is 3.17. The lowest BCUT2D eigenvalue weighted by Crippen LogP contribution is -2.21. The van der Waals surface area contributed by atoms with Crippen molar-refractivity contribution in [2.45, 2.75) is 31.1 Å². The minimum atomic E-state index is -0.691. The minimum Gasteiger partial charge on any atom is -0.481 e. The second-order valence-corrected chi connectivity index (χ2v) is 6.10. The Bertz CT molecular complexity index is 491. The largest absolute Gasteiger partial charge is 0.481 e. The number of anilines is 1. The van der Waals surface area contributed by atoms with Crippen LogP contribution >= 0.6 is 15.9 Å². The van der Waals surface area contributed by atoms with E-state index < -0.39 is 11.4 Å². The summed E-state index contributed by atoms with van der Waals surface area (Å²) >= 11 is 3.59. The van der Waals surface area contributed by atoms with Gasteiger partial charge < -0.3 is 10.0 Å². The molecule has 0 aromatic heterocycles. The molecule has 3 rings (SSSR count). The zero-order valence-corrected chi connectivity index (χ0v) is 11.7. The molecule has 1 heterocycles. The van der Waals surface area contributed by atoms with Crippen molar-refractivity contribution in [1.82, 2.24) is 0 Å². The van der Waals surface area contributed by atoms with Crippen molar-refractivity contribution < 1.29 is 9.90 Å². The highest BCUT2D eigenvalue weighted by molar-refractivity contribution is 9.10. The molecule has 0 unspecified atom stereocenters. The smallest absolute Gasteiger partial charge is 0.314 e. The third kappa shape index (κ3) is 1.83. The molecule has 18 heavy (non-hydrogen) atoms. The van der Waals surface area contributed by atoms with Crippen LogP contribution in [0.1, 0.15) is 31.2 Å². The molecule has 1 aliphatic carbocycles. The molecule has 1 aliphatic heterocycles. The molecule has 96 valence electrons. The molecule has 0 atom stereocenters. The van der Waals surface area contributed by atoms with Crippen molar-refractivity contribution >= 4 is 27.6 Å². The summed E-state index contributed by atoms with van der Waals surface area (Å²) in [4.78, 5) is 13.7. The maximum absolute atomic E-state index is 11.3. The lowest BCUT2D eigenvalue weighted by Gasteiger charge is -2.21. The van der Waals surface area contributed by atoms with Crippen LogP contribution in [0.5, 0.6) is 0 Å². The maximum atomic E-state index is 11.3. The van der Waals surface area contributed by atoms with Crippen LogP contribution in [0.3, 0.4) is 0 Å². The summed E-state index contributed by atoms with van der Waals surface area (Å²) in [5.74, 6) is -0.691. The van der Waals surface area contributed by atoms with E-state index in [-0.39, 0.29) is 0 Å². The first-order valence-electron chi connectivity index (χ1n) is 6.42. The lowest BCUT2D eigenvalue weighted by molar-refractivity contribution is -0.140. The van der Waals surface area contributed by atoms with Crippen molar-refractivity contribution in [3.05, 3.63) is 28.2 Å². The lowest BCUT2D eigenvalue weighted by atomic mass is 9.96. The van der Waals surface area contributed by atoms with Crippen molar-refractivity contribution in [1.29, 1.82) is 0 Å². The zero-order valence-electron chi connectivity index (χ0n) is 10.2. The van der Waals surface area contributed by atoms with Gasteiger partial charge in [-0.05, 0) is 59.3 Å². The van der Waals surface area contributed by atoms with Gasteiger partial charge in [-0.25, -0.2) is 0 Å². The van der Waals surface area contributed by atoms with Crippen LogP contribution in [0.2, 0.25) is 0 Å². The Balaban J connectivity index is 1.92. The third-order valence-electron chi connectivity index (χ3n) is 4.11. The van der Waals surface area contributed by atoms with E-state index in [9.17, 15) is 9.90 Å². The molecule has 0 amide bonds. The molecule has 4 heteroatoms. The molecule has 0 radical (unpaired) electrons. The number of carboxylic acids is 1. The number of carbonyl (C=O) groups is 1. The first-order valence-corrected chi connectivity index (χ1v) is 7.21. The minimum absolute atomic E-state index is 0.605. The SMILES string of the molecule is O=C(O)C1(c2ccc(N3CCCC3)c(Br)c2)CC1. The van der Waals surface area contributed by atoms with E-state index in [2.05, 4.69) is 26.9 Å². The Morgan fingerprint density at radius 2 is 1.94 bits per heavy atom. The molecule has 2 aliphatic rings. The second kappa shape index (κ2) is 4.26. The fourth-order valence-electron chi connectivity index (χ4n) is 2.77. The fraction of sp³-hybridized carbons (Fsp3) is 0.500. The highest BCUT2D eigenvalue weighted by Gasteiger charge is 2.51. The number of hydrogen-bond acceptors (Lipinski definition) is 2. The standard InChI is InChI=1S/C14H16BrNO2/c15-11-9-10(14(5-6-14)13(17)18)3-4-12(11)16-7-1-2-8-16/h3-4,9H,1-2,5-8H2,(H,17,18). The van der Waals surface area contributed by atoms with Gasteiger partial charge in [0.2, 0.25) is 0 Å². The van der Waals surface area contributed by atoms with Gasteiger partial charge in [0, 0.05) is 17.6 Å². The van der Waals surface area contributed by atoms with Crippen LogP contribution in [-0.2, 0) is 10.2 Å². The number of halogens is 1. The van der Waals surface area contributed by atoms with Gasteiger partial charge in [0.1, 0.15) is 0 Å². The van der Waals surface area contributed by atoms with Crippen LogP contribution < -0.4 is 4.90 Å².